The van der Waals surface area contributed by atoms with Crippen LogP contribution in [-0.2, 0) is 4.74 Å². The summed E-state index contributed by atoms with van der Waals surface area (Å²) in [6.45, 7) is 3.67. The highest BCUT2D eigenvalue weighted by atomic mass is 32.1. The summed E-state index contributed by atoms with van der Waals surface area (Å²) in [4.78, 5) is 16.1. The Labute approximate surface area is 116 Å². The number of carbonyl (C=O) groups excluding carboxylic acids is 1. The minimum atomic E-state index is -0.417. The number of thiazole rings is 1. The molecular formula is C14H16N2O2S. The van der Waals surface area contributed by atoms with E-state index in [9.17, 15) is 4.79 Å². The number of benzene rings is 1. The van der Waals surface area contributed by atoms with Gasteiger partial charge in [0, 0.05) is 5.38 Å². The highest BCUT2D eigenvalue weighted by Crippen LogP contribution is 2.20. The number of nitrogens with zero attached hydrogens (tertiary/aromatic N) is 1. The SMILES string of the molecule is CC(N)c1nc(C(=O)OC(C)c2ccccc2)cs1. The van der Waals surface area contributed by atoms with Gasteiger partial charge in [-0.1, -0.05) is 30.3 Å². The van der Waals surface area contributed by atoms with Crippen LogP contribution in [0.2, 0.25) is 0 Å². The molecule has 0 bridgehead atoms. The van der Waals surface area contributed by atoms with Gasteiger partial charge in [0.2, 0.25) is 0 Å². The summed E-state index contributed by atoms with van der Waals surface area (Å²) in [5.41, 5.74) is 6.99. The van der Waals surface area contributed by atoms with Crippen molar-refractivity contribution >= 4 is 17.3 Å². The zero-order valence-corrected chi connectivity index (χ0v) is 11.7. The maximum absolute atomic E-state index is 11.9. The first kappa shape index (κ1) is 13.7. The molecule has 1 aromatic carbocycles. The van der Waals surface area contributed by atoms with Crippen LogP contribution in [0.15, 0.2) is 35.7 Å². The van der Waals surface area contributed by atoms with Crippen LogP contribution in [0.4, 0.5) is 0 Å². The minimum Gasteiger partial charge on any atom is -0.453 e. The second-order valence-corrected chi connectivity index (χ2v) is 5.21. The number of hydrogen-bond acceptors (Lipinski definition) is 5. The van der Waals surface area contributed by atoms with E-state index in [0.717, 1.165) is 10.6 Å². The Balaban J connectivity index is 2.04. The van der Waals surface area contributed by atoms with Gasteiger partial charge in [-0.05, 0) is 19.4 Å². The topological polar surface area (TPSA) is 65.2 Å². The lowest BCUT2D eigenvalue weighted by Crippen LogP contribution is -2.11. The van der Waals surface area contributed by atoms with Gasteiger partial charge in [0.1, 0.15) is 11.1 Å². The fourth-order valence-electron chi connectivity index (χ4n) is 1.60. The van der Waals surface area contributed by atoms with Gasteiger partial charge in [0.25, 0.3) is 0 Å². The van der Waals surface area contributed by atoms with Crippen LogP contribution in [0.5, 0.6) is 0 Å². The van der Waals surface area contributed by atoms with Crippen LogP contribution in [0, 0.1) is 0 Å². The standard InChI is InChI=1S/C14H16N2O2S/c1-9(15)13-16-12(8-19-13)14(17)18-10(2)11-6-4-3-5-7-11/h3-10H,15H2,1-2H3. The molecule has 1 aromatic heterocycles. The predicted molar refractivity (Wildman–Crippen MR) is 75.0 cm³/mol. The molecule has 2 rings (SSSR count). The number of aromatic nitrogens is 1. The quantitative estimate of drug-likeness (QED) is 0.871. The van der Waals surface area contributed by atoms with E-state index in [1.807, 2.05) is 44.2 Å². The number of nitrogens with two attached hydrogens (primary N) is 1. The third-order valence-electron chi connectivity index (χ3n) is 2.67. The van der Waals surface area contributed by atoms with Crippen molar-refractivity contribution in [1.82, 2.24) is 4.98 Å². The van der Waals surface area contributed by atoms with Gasteiger partial charge in [-0.25, -0.2) is 9.78 Å². The van der Waals surface area contributed by atoms with Gasteiger partial charge in [0.15, 0.2) is 5.69 Å². The van der Waals surface area contributed by atoms with Crippen molar-refractivity contribution in [2.75, 3.05) is 0 Å². The van der Waals surface area contributed by atoms with E-state index in [4.69, 9.17) is 10.5 Å². The molecule has 0 spiro atoms. The van der Waals surface area contributed by atoms with Crippen molar-refractivity contribution in [3.05, 3.63) is 52.0 Å². The van der Waals surface area contributed by atoms with Gasteiger partial charge in [-0.2, -0.15) is 0 Å². The molecular weight excluding hydrogens is 260 g/mol. The van der Waals surface area contributed by atoms with Crippen molar-refractivity contribution in [2.24, 2.45) is 5.73 Å². The molecule has 0 aliphatic heterocycles. The van der Waals surface area contributed by atoms with Gasteiger partial charge in [-0.15, -0.1) is 11.3 Å². The first-order valence-corrected chi connectivity index (χ1v) is 6.93. The third-order valence-corrected chi connectivity index (χ3v) is 3.72. The van der Waals surface area contributed by atoms with Gasteiger partial charge >= 0.3 is 5.97 Å². The number of ether oxygens (including phenoxy) is 1. The molecule has 100 valence electrons. The smallest absolute Gasteiger partial charge is 0.358 e. The lowest BCUT2D eigenvalue weighted by atomic mass is 10.1. The van der Waals surface area contributed by atoms with E-state index in [1.165, 1.54) is 11.3 Å². The molecule has 5 heteroatoms. The van der Waals surface area contributed by atoms with E-state index >= 15 is 0 Å². The Morgan fingerprint density at radius 2 is 2.00 bits per heavy atom. The van der Waals surface area contributed by atoms with Crippen molar-refractivity contribution in [3.8, 4) is 0 Å². The highest BCUT2D eigenvalue weighted by molar-refractivity contribution is 7.09. The third kappa shape index (κ3) is 3.39. The Hall–Kier alpha value is -1.72. The predicted octanol–water partition coefficient (Wildman–Crippen LogP) is 3.08. The summed E-state index contributed by atoms with van der Waals surface area (Å²) in [6.07, 6.45) is -0.297. The average molecular weight is 276 g/mol. The van der Waals surface area contributed by atoms with Crippen LogP contribution in [-0.4, -0.2) is 11.0 Å². The van der Waals surface area contributed by atoms with Crippen LogP contribution < -0.4 is 5.73 Å². The van der Waals surface area contributed by atoms with E-state index in [2.05, 4.69) is 4.98 Å². The van der Waals surface area contributed by atoms with Crippen molar-refractivity contribution in [2.45, 2.75) is 26.0 Å². The van der Waals surface area contributed by atoms with Crippen LogP contribution in [0.3, 0.4) is 0 Å². The Kier molecular flexibility index (Phi) is 4.29. The summed E-state index contributed by atoms with van der Waals surface area (Å²) >= 11 is 1.37. The van der Waals surface area contributed by atoms with E-state index < -0.39 is 5.97 Å². The van der Waals surface area contributed by atoms with Gasteiger partial charge in [-0.3, -0.25) is 0 Å². The first-order valence-electron chi connectivity index (χ1n) is 6.05. The van der Waals surface area contributed by atoms with Gasteiger partial charge < -0.3 is 10.5 Å². The summed E-state index contributed by atoms with van der Waals surface area (Å²) < 4.78 is 5.38. The van der Waals surface area contributed by atoms with Crippen LogP contribution in [0.25, 0.3) is 0 Å². The average Bonchev–Trinajstić information content (AvgIpc) is 2.89. The second-order valence-electron chi connectivity index (χ2n) is 4.32. The molecule has 0 amide bonds. The normalized spacial score (nSPS) is 13.8. The Morgan fingerprint density at radius 3 is 2.58 bits per heavy atom. The summed E-state index contributed by atoms with van der Waals surface area (Å²) in [5, 5.41) is 2.41. The molecule has 2 atom stereocenters. The van der Waals surface area contributed by atoms with Crippen LogP contribution >= 0.6 is 11.3 Å². The molecule has 19 heavy (non-hydrogen) atoms. The zero-order chi connectivity index (χ0) is 13.8. The minimum absolute atomic E-state index is 0.168. The molecule has 2 N–H and O–H groups in total. The van der Waals surface area contributed by atoms with Crippen LogP contribution in [0.1, 0.15) is 47.1 Å². The van der Waals surface area contributed by atoms with Crippen molar-refractivity contribution in [3.63, 3.8) is 0 Å². The molecule has 2 unspecified atom stereocenters. The number of hydrogen-bond donors (Lipinski definition) is 1. The Morgan fingerprint density at radius 1 is 1.32 bits per heavy atom. The number of carbonyl (C=O) groups is 1. The van der Waals surface area contributed by atoms with E-state index in [0.29, 0.717) is 5.69 Å². The molecule has 0 fully saturated rings. The maximum Gasteiger partial charge on any atom is 0.358 e. The van der Waals surface area contributed by atoms with E-state index in [1.54, 1.807) is 5.38 Å². The van der Waals surface area contributed by atoms with Crippen molar-refractivity contribution < 1.29 is 9.53 Å². The van der Waals surface area contributed by atoms with Gasteiger partial charge in [0.05, 0.1) is 6.04 Å². The van der Waals surface area contributed by atoms with E-state index in [-0.39, 0.29) is 12.1 Å². The first-order chi connectivity index (χ1) is 9.08. The fourth-order valence-corrected chi connectivity index (χ4v) is 2.35. The van der Waals surface area contributed by atoms with Crippen molar-refractivity contribution in [1.29, 1.82) is 0 Å². The summed E-state index contributed by atoms with van der Waals surface area (Å²) in [6, 6.07) is 9.43. The molecule has 1 heterocycles. The number of esters is 1. The molecule has 0 aliphatic carbocycles. The molecule has 0 aliphatic rings. The lowest BCUT2D eigenvalue weighted by Gasteiger charge is -2.12. The summed E-state index contributed by atoms with van der Waals surface area (Å²) in [7, 11) is 0. The Bertz CT molecular complexity index is 552. The maximum atomic E-state index is 11.9. The monoisotopic (exact) mass is 276 g/mol. The molecule has 4 nitrogen and oxygen atoms in total. The lowest BCUT2D eigenvalue weighted by molar-refractivity contribution is 0.0331. The fraction of sp³-hybridized carbons (Fsp3) is 0.286. The second kappa shape index (κ2) is 5.95. The molecule has 0 radical (unpaired) electrons. The molecule has 0 saturated carbocycles. The number of rotatable bonds is 4. The zero-order valence-electron chi connectivity index (χ0n) is 10.9. The summed E-state index contributed by atoms with van der Waals surface area (Å²) in [5.74, 6) is -0.417. The molecule has 0 saturated heterocycles. The molecule has 2 aromatic rings. The largest absolute Gasteiger partial charge is 0.453 e. The highest BCUT2D eigenvalue weighted by Gasteiger charge is 2.17.